The minimum Gasteiger partial charge on any atom is -0.495 e. The number of benzene rings is 1. The summed E-state index contributed by atoms with van der Waals surface area (Å²) in [5.74, 6) is -0.431. The lowest BCUT2D eigenvalue weighted by Crippen LogP contribution is -2.41. The van der Waals surface area contributed by atoms with Crippen molar-refractivity contribution in [1.29, 1.82) is 0 Å². The highest BCUT2D eigenvalue weighted by Crippen LogP contribution is 2.29. The van der Waals surface area contributed by atoms with E-state index in [0.29, 0.717) is 19.8 Å². The van der Waals surface area contributed by atoms with Gasteiger partial charge in [0.25, 0.3) is 5.91 Å². The Balaban J connectivity index is 2.36. The highest BCUT2D eigenvalue weighted by atomic mass is 32.2. The zero-order chi connectivity index (χ0) is 22.3. The maximum atomic E-state index is 13.1. The van der Waals surface area contributed by atoms with Gasteiger partial charge in [-0.05, 0) is 24.1 Å². The van der Waals surface area contributed by atoms with Gasteiger partial charge < -0.3 is 19.1 Å². The third-order valence-electron chi connectivity index (χ3n) is 4.68. The molecule has 2 rings (SSSR count). The molecule has 0 aliphatic carbocycles. The van der Waals surface area contributed by atoms with E-state index in [1.54, 1.807) is 0 Å². The number of methoxy groups -OCH3 is 2. The van der Waals surface area contributed by atoms with Crippen molar-refractivity contribution >= 4 is 21.9 Å². The van der Waals surface area contributed by atoms with Crippen molar-refractivity contribution in [2.24, 2.45) is 5.92 Å². The molecular formula is C20H30N2O7S. The fourth-order valence-electron chi connectivity index (χ4n) is 3.16. The molecule has 30 heavy (non-hydrogen) atoms. The first-order valence-corrected chi connectivity index (χ1v) is 11.3. The highest BCUT2D eigenvalue weighted by Gasteiger charge is 2.30. The van der Waals surface area contributed by atoms with Gasteiger partial charge in [-0.15, -0.1) is 0 Å². The molecule has 0 N–H and O–H groups in total. The third-order valence-corrected chi connectivity index (χ3v) is 6.60. The second-order valence-electron chi connectivity index (χ2n) is 7.35. The molecular weight excluding hydrogens is 412 g/mol. The van der Waals surface area contributed by atoms with Crippen LogP contribution in [-0.2, 0) is 24.3 Å². The molecule has 1 saturated heterocycles. The quantitative estimate of drug-likeness (QED) is 0.532. The predicted molar refractivity (Wildman–Crippen MR) is 110 cm³/mol. The van der Waals surface area contributed by atoms with Gasteiger partial charge in [0.1, 0.15) is 10.6 Å². The van der Waals surface area contributed by atoms with E-state index in [4.69, 9.17) is 9.47 Å². The smallest absolute Gasteiger partial charge is 0.307 e. The summed E-state index contributed by atoms with van der Waals surface area (Å²) in [5.41, 5.74) is 0.216. The van der Waals surface area contributed by atoms with Crippen LogP contribution in [0.1, 0.15) is 30.6 Å². The van der Waals surface area contributed by atoms with Crippen molar-refractivity contribution in [2.75, 3.05) is 53.6 Å². The minimum atomic E-state index is -3.86. The first-order chi connectivity index (χ1) is 14.2. The fourth-order valence-corrected chi connectivity index (χ4v) is 4.75. The summed E-state index contributed by atoms with van der Waals surface area (Å²) in [5, 5.41) is 0. The Morgan fingerprint density at radius 1 is 1.20 bits per heavy atom. The summed E-state index contributed by atoms with van der Waals surface area (Å²) >= 11 is 0. The summed E-state index contributed by atoms with van der Waals surface area (Å²) in [6, 6.07) is 4.36. The Bertz CT molecular complexity index is 849. The number of hydrogen-bond acceptors (Lipinski definition) is 7. The number of ether oxygens (including phenoxy) is 3. The molecule has 0 saturated carbocycles. The average molecular weight is 443 g/mol. The zero-order valence-electron chi connectivity index (χ0n) is 17.9. The molecule has 1 aromatic carbocycles. The molecule has 1 heterocycles. The lowest BCUT2D eigenvalue weighted by molar-refractivity contribution is -0.140. The second-order valence-corrected chi connectivity index (χ2v) is 9.26. The summed E-state index contributed by atoms with van der Waals surface area (Å²) in [7, 11) is -1.18. The number of esters is 1. The largest absolute Gasteiger partial charge is 0.495 e. The van der Waals surface area contributed by atoms with Crippen LogP contribution in [0, 0.1) is 5.92 Å². The Kier molecular flexibility index (Phi) is 8.63. The van der Waals surface area contributed by atoms with Gasteiger partial charge in [-0.25, -0.2) is 8.42 Å². The molecule has 1 amide bonds. The number of hydrogen-bond donors (Lipinski definition) is 0. The van der Waals surface area contributed by atoms with Crippen LogP contribution in [0.15, 0.2) is 23.1 Å². The van der Waals surface area contributed by atoms with Crippen molar-refractivity contribution < 1.29 is 32.2 Å². The summed E-state index contributed by atoms with van der Waals surface area (Å²) in [4.78, 5) is 26.2. The number of amides is 1. The first-order valence-electron chi connectivity index (χ1n) is 9.82. The monoisotopic (exact) mass is 442 g/mol. The number of nitrogens with zero attached hydrogens (tertiary/aromatic N) is 2. The van der Waals surface area contributed by atoms with Gasteiger partial charge in [-0.1, -0.05) is 13.8 Å². The van der Waals surface area contributed by atoms with E-state index in [1.807, 2.05) is 13.8 Å². The van der Waals surface area contributed by atoms with Gasteiger partial charge in [0, 0.05) is 31.7 Å². The maximum absolute atomic E-state index is 13.1. The molecule has 10 heteroatoms. The second kappa shape index (κ2) is 10.7. The Labute approximate surface area is 177 Å². The molecule has 0 unspecified atom stereocenters. The van der Waals surface area contributed by atoms with Crippen molar-refractivity contribution in [1.82, 2.24) is 9.21 Å². The van der Waals surface area contributed by atoms with E-state index in [2.05, 4.69) is 4.74 Å². The van der Waals surface area contributed by atoms with Crippen LogP contribution in [0.2, 0.25) is 0 Å². The standard InChI is InChI=1S/C20H30N2O7S/c1-15(2)14-21(8-7-19(23)28-4)20(24)16-5-6-17(27-3)18(13-16)30(25,26)22-9-11-29-12-10-22/h5-6,13,15H,7-12,14H2,1-4H3. The van der Waals surface area contributed by atoms with Crippen LogP contribution in [-0.4, -0.2) is 83.1 Å². The molecule has 0 spiro atoms. The summed E-state index contributed by atoms with van der Waals surface area (Å²) < 4.78 is 42.8. The van der Waals surface area contributed by atoms with Crippen molar-refractivity contribution in [2.45, 2.75) is 25.2 Å². The van der Waals surface area contributed by atoms with Gasteiger partial charge in [-0.3, -0.25) is 9.59 Å². The van der Waals surface area contributed by atoms with E-state index in [1.165, 1.54) is 41.6 Å². The van der Waals surface area contributed by atoms with Gasteiger partial charge in [0.05, 0.1) is 33.9 Å². The number of carbonyl (C=O) groups excluding carboxylic acids is 2. The Morgan fingerprint density at radius 3 is 2.43 bits per heavy atom. The summed E-state index contributed by atoms with van der Waals surface area (Å²) in [6.45, 7) is 5.63. The average Bonchev–Trinajstić information content (AvgIpc) is 2.75. The van der Waals surface area contributed by atoms with Crippen molar-refractivity contribution in [3.05, 3.63) is 23.8 Å². The van der Waals surface area contributed by atoms with Gasteiger partial charge >= 0.3 is 5.97 Å². The highest BCUT2D eigenvalue weighted by molar-refractivity contribution is 7.89. The maximum Gasteiger partial charge on any atom is 0.307 e. The van der Waals surface area contributed by atoms with Crippen molar-refractivity contribution in [3.8, 4) is 5.75 Å². The van der Waals surface area contributed by atoms with Crippen molar-refractivity contribution in [3.63, 3.8) is 0 Å². The van der Waals surface area contributed by atoms with E-state index >= 15 is 0 Å². The van der Waals surface area contributed by atoms with E-state index in [9.17, 15) is 18.0 Å². The molecule has 1 aliphatic heterocycles. The predicted octanol–water partition coefficient (Wildman–Crippen LogP) is 1.38. The van der Waals surface area contributed by atoms with Crippen LogP contribution >= 0.6 is 0 Å². The third kappa shape index (κ3) is 5.93. The van der Waals surface area contributed by atoms with Crippen LogP contribution < -0.4 is 4.74 Å². The number of carbonyl (C=O) groups is 2. The molecule has 1 fully saturated rings. The van der Waals surface area contributed by atoms with E-state index in [-0.39, 0.29) is 54.1 Å². The van der Waals surface area contributed by atoms with Crippen LogP contribution in [0.5, 0.6) is 5.75 Å². The molecule has 1 aliphatic rings. The Morgan fingerprint density at radius 2 is 1.87 bits per heavy atom. The Hall–Kier alpha value is -2.17. The molecule has 168 valence electrons. The van der Waals surface area contributed by atoms with Gasteiger partial charge in [0.2, 0.25) is 10.0 Å². The number of rotatable bonds is 9. The molecule has 0 aromatic heterocycles. The normalized spacial score (nSPS) is 15.1. The molecule has 0 atom stereocenters. The first kappa shape index (κ1) is 24.1. The number of sulfonamides is 1. The van der Waals surface area contributed by atoms with Crippen LogP contribution in [0.25, 0.3) is 0 Å². The van der Waals surface area contributed by atoms with Crippen LogP contribution in [0.3, 0.4) is 0 Å². The fraction of sp³-hybridized carbons (Fsp3) is 0.600. The molecule has 9 nitrogen and oxygen atoms in total. The van der Waals surface area contributed by atoms with Gasteiger partial charge in [-0.2, -0.15) is 4.31 Å². The topological polar surface area (TPSA) is 102 Å². The molecule has 0 bridgehead atoms. The lowest BCUT2D eigenvalue weighted by Gasteiger charge is -2.27. The summed E-state index contributed by atoms with van der Waals surface area (Å²) in [6.07, 6.45) is 0.0596. The van der Waals surface area contributed by atoms with Crippen LogP contribution in [0.4, 0.5) is 0 Å². The zero-order valence-corrected chi connectivity index (χ0v) is 18.7. The number of morpholine rings is 1. The lowest BCUT2D eigenvalue weighted by atomic mass is 10.1. The molecule has 0 radical (unpaired) electrons. The minimum absolute atomic E-state index is 0.0596. The van der Waals surface area contributed by atoms with Gasteiger partial charge in [0.15, 0.2) is 0 Å². The molecule has 1 aromatic rings. The van der Waals surface area contributed by atoms with E-state index < -0.39 is 16.0 Å². The SMILES string of the molecule is COC(=O)CCN(CC(C)C)C(=O)c1ccc(OC)c(S(=O)(=O)N2CCOCC2)c1. The van der Waals surface area contributed by atoms with E-state index in [0.717, 1.165) is 0 Å².